The summed E-state index contributed by atoms with van der Waals surface area (Å²) in [5.41, 5.74) is 0.806. The quantitative estimate of drug-likeness (QED) is 0.735. The summed E-state index contributed by atoms with van der Waals surface area (Å²) in [6.07, 6.45) is -2.29. The zero-order valence-electron chi connectivity index (χ0n) is 12.4. The lowest BCUT2D eigenvalue weighted by Gasteiger charge is -2.21. The van der Waals surface area contributed by atoms with E-state index in [1.165, 1.54) is 19.3 Å². The van der Waals surface area contributed by atoms with Gasteiger partial charge in [0.2, 0.25) is 0 Å². The van der Waals surface area contributed by atoms with Crippen molar-refractivity contribution in [2.75, 3.05) is 20.1 Å². The zero-order chi connectivity index (χ0) is 16.0. The van der Waals surface area contributed by atoms with Gasteiger partial charge in [-0.05, 0) is 13.8 Å². The summed E-state index contributed by atoms with van der Waals surface area (Å²) in [7, 11) is 1.87. The van der Waals surface area contributed by atoms with Crippen LogP contribution in [-0.2, 0) is 0 Å². The van der Waals surface area contributed by atoms with E-state index in [9.17, 15) is 13.2 Å². The van der Waals surface area contributed by atoms with Gasteiger partial charge in [0, 0.05) is 13.6 Å². The van der Waals surface area contributed by atoms with Gasteiger partial charge in [-0.2, -0.15) is 13.2 Å². The lowest BCUT2D eigenvalue weighted by Crippen LogP contribution is -2.32. The van der Waals surface area contributed by atoms with Crippen molar-refractivity contribution in [2.24, 2.45) is 15.0 Å². The van der Waals surface area contributed by atoms with E-state index in [-0.39, 0.29) is 12.1 Å². The summed E-state index contributed by atoms with van der Waals surface area (Å²) in [4.78, 5) is 14.2. The molecule has 0 aromatic rings. The maximum absolute atomic E-state index is 12.2. The molecule has 21 heavy (non-hydrogen) atoms. The molecule has 4 nitrogen and oxygen atoms in total. The summed E-state index contributed by atoms with van der Waals surface area (Å²) in [5, 5.41) is 0. The average Bonchev–Trinajstić information content (AvgIpc) is 2.38. The lowest BCUT2D eigenvalue weighted by molar-refractivity contribution is -0.127. The Morgan fingerprint density at radius 1 is 1.48 bits per heavy atom. The second kappa shape index (κ2) is 7.19. The van der Waals surface area contributed by atoms with E-state index < -0.39 is 12.6 Å². The van der Waals surface area contributed by atoms with Gasteiger partial charge in [0.05, 0.1) is 18.5 Å². The number of aliphatic imine (C=N–C) groups is 3. The molecule has 1 aliphatic rings. The molecule has 1 rings (SSSR count). The highest BCUT2D eigenvalue weighted by molar-refractivity contribution is 6.27. The van der Waals surface area contributed by atoms with Crippen molar-refractivity contribution in [3.63, 3.8) is 0 Å². The first-order valence-corrected chi connectivity index (χ1v) is 6.52. The Morgan fingerprint density at radius 3 is 2.71 bits per heavy atom. The molecule has 7 heteroatoms. The predicted molar refractivity (Wildman–Crippen MR) is 80.1 cm³/mol. The first-order chi connectivity index (χ1) is 9.74. The van der Waals surface area contributed by atoms with Crippen molar-refractivity contribution in [3.8, 4) is 0 Å². The molecular formula is C14H19F3N4. The highest BCUT2D eigenvalue weighted by Crippen LogP contribution is 2.23. The van der Waals surface area contributed by atoms with Crippen LogP contribution in [0, 0.1) is 0 Å². The number of hydrogen-bond donors (Lipinski definition) is 0. The summed E-state index contributed by atoms with van der Waals surface area (Å²) in [5.74, 6) is 1.07. The molecule has 116 valence electrons. The molecule has 0 amide bonds. The van der Waals surface area contributed by atoms with Crippen molar-refractivity contribution >= 4 is 18.0 Å². The van der Waals surface area contributed by atoms with Crippen LogP contribution in [0.5, 0.6) is 0 Å². The highest BCUT2D eigenvalue weighted by Gasteiger charge is 2.27. The van der Waals surface area contributed by atoms with Gasteiger partial charge in [-0.1, -0.05) is 18.2 Å². The molecule has 1 heterocycles. The smallest absolute Gasteiger partial charge is 0.359 e. The second-order valence-electron chi connectivity index (χ2n) is 4.70. The van der Waals surface area contributed by atoms with Crippen LogP contribution in [0.1, 0.15) is 20.3 Å². The number of nitrogens with zero attached hydrogens (tertiary/aromatic N) is 4. The summed E-state index contributed by atoms with van der Waals surface area (Å²) >= 11 is 0. The topological polar surface area (TPSA) is 40.3 Å². The molecule has 1 aliphatic heterocycles. The minimum atomic E-state index is -4.19. The van der Waals surface area contributed by atoms with Crippen molar-refractivity contribution in [1.29, 1.82) is 0 Å². The molecule has 0 unspecified atom stereocenters. The van der Waals surface area contributed by atoms with Crippen molar-refractivity contribution in [1.82, 2.24) is 4.90 Å². The van der Waals surface area contributed by atoms with E-state index in [1.807, 2.05) is 18.9 Å². The Morgan fingerprint density at radius 2 is 2.14 bits per heavy atom. The molecule has 0 radical (unpaired) electrons. The Hall–Kier alpha value is -1.92. The third-order valence-corrected chi connectivity index (χ3v) is 2.90. The van der Waals surface area contributed by atoms with Gasteiger partial charge in [-0.3, -0.25) is 4.99 Å². The first kappa shape index (κ1) is 17.1. The third kappa shape index (κ3) is 5.53. The number of likely N-dealkylation sites (N-methyl/N-ethyl adjacent to an activating group) is 1. The minimum Gasteiger partial charge on any atom is -0.359 e. The molecule has 0 aromatic carbocycles. The Kier molecular flexibility index (Phi) is 5.87. The Bertz CT molecular complexity index is 513. The maximum Gasteiger partial charge on any atom is 0.392 e. The van der Waals surface area contributed by atoms with Gasteiger partial charge in [0.1, 0.15) is 12.2 Å². The fraction of sp³-hybridized carbons (Fsp3) is 0.500. The normalized spacial score (nSPS) is 18.2. The van der Waals surface area contributed by atoms with Crippen LogP contribution in [0.25, 0.3) is 0 Å². The minimum absolute atomic E-state index is 0.136. The second-order valence-corrected chi connectivity index (χ2v) is 4.70. The summed E-state index contributed by atoms with van der Waals surface area (Å²) < 4.78 is 36.6. The van der Waals surface area contributed by atoms with Crippen LogP contribution < -0.4 is 0 Å². The molecule has 0 fully saturated rings. The summed E-state index contributed by atoms with van der Waals surface area (Å²) in [6, 6.07) is 0. The van der Waals surface area contributed by atoms with Gasteiger partial charge < -0.3 is 4.90 Å². The molecular weight excluding hydrogens is 281 g/mol. The largest absolute Gasteiger partial charge is 0.392 e. The van der Waals surface area contributed by atoms with Crippen LogP contribution in [0.15, 0.2) is 38.8 Å². The van der Waals surface area contributed by atoms with Gasteiger partial charge in [-0.15, -0.1) is 0 Å². The Balaban J connectivity index is 2.71. The number of amidine groups is 2. The maximum atomic E-state index is 12.2. The highest BCUT2D eigenvalue weighted by atomic mass is 19.4. The fourth-order valence-electron chi connectivity index (χ4n) is 1.69. The van der Waals surface area contributed by atoms with Crippen molar-refractivity contribution in [2.45, 2.75) is 26.4 Å². The molecule has 0 aromatic heterocycles. The average molecular weight is 300 g/mol. The first-order valence-electron chi connectivity index (χ1n) is 6.52. The molecule has 0 aliphatic carbocycles. The van der Waals surface area contributed by atoms with Gasteiger partial charge >= 0.3 is 6.18 Å². The zero-order valence-corrected chi connectivity index (χ0v) is 12.4. The molecule has 0 atom stereocenters. The Labute approximate surface area is 122 Å². The molecule has 0 saturated carbocycles. The predicted octanol–water partition coefficient (Wildman–Crippen LogP) is 3.23. The molecule has 0 spiro atoms. The van der Waals surface area contributed by atoms with Crippen LogP contribution in [0.2, 0.25) is 0 Å². The van der Waals surface area contributed by atoms with Crippen LogP contribution in [0.3, 0.4) is 0 Å². The van der Waals surface area contributed by atoms with Crippen LogP contribution in [-0.4, -0.2) is 49.2 Å². The lowest BCUT2D eigenvalue weighted by atomic mass is 10.2. The summed E-state index contributed by atoms with van der Waals surface area (Å²) in [6.45, 7) is 8.18. The number of alkyl halides is 3. The van der Waals surface area contributed by atoms with E-state index >= 15 is 0 Å². The van der Waals surface area contributed by atoms with E-state index in [1.54, 1.807) is 0 Å². The van der Waals surface area contributed by atoms with Crippen LogP contribution in [0.4, 0.5) is 13.2 Å². The van der Waals surface area contributed by atoms with E-state index in [2.05, 4.69) is 21.6 Å². The van der Waals surface area contributed by atoms with Gasteiger partial charge in [-0.25, -0.2) is 9.98 Å². The van der Waals surface area contributed by atoms with E-state index in [0.29, 0.717) is 17.2 Å². The number of hydrogen-bond acceptors (Lipinski definition) is 3. The third-order valence-electron chi connectivity index (χ3n) is 2.90. The van der Waals surface area contributed by atoms with Gasteiger partial charge in [0.25, 0.3) is 0 Å². The molecule has 0 saturated heterocycles. The van der Waals surface area contributed by atoms with Crippen LogP contribution >= 0.6 is 0 Å². The number of rotatable bonds is 4. The van der Waals surface area contributed by atoms with E-state index in [4.69, 9.17) is 0 Å². The number of halogens is 3. The van der Waals surface area contributed by atoms with Gasteiger partial charge in [0.15, 0.2) is 5.84 Å². The van der Waals surface area contributed by atoms with E-state index in [0.717, 1.165) is 6.54 Å². The molecule has 0 bridgehead atoms. The van der Waals surface area contributed by atoms with Crippen molar-refractivity contribution in [3.05, 3.63) is 23.8 Å². The monoisotopic (exact) mass is 300 g/mol. The number of allylic oxidation sites excluding steroid dienone is 1. The fourth-order valence-corrected chi connectivity index (χ4v) is 1.69. The van der Waals surface area contributed by atoms with Crippen molar-refractivity contribution < 1.29 is 13.2 Å². The standard InChI is InChI=1S/C14H19F3N4/c1-5-21(4)13-11(3)12(19-9-20-13)18-7-6-10(2)8-14(15,16)17/h6,9H,3,5,7-8H2,1-2,4H3/b10-6+,18-12+. The molecule has 0 N–H and O–H groups in total. The SMILES string of the molecule is C=C1C(N(C)CC)=NC=N/C1=N/C/C=C(\C)CC(F)(F)F.